The van der Waals surface area contributed by atoms with Gasteiger partial charge in [0.15, 0.2) is 0 Å². The van der Waals surface area contributed by atoms with Gasteiger partial charge in [-0.05, 0) is 26.2 Å². The molecule has 0 aliphatic rings. The van der Waals surface area contributed by atoms with Crippen LogP contribution in [0, 0.1) is 5.41 Å². The van der Waals surface area contributed by atoms with Crippen molar-refractivity contribution in [2.75, 3.05) is 64.3 Å². The predicted octanol–water partition coefficient (Wildman–Crippen LogP) is 0.992. The van der Waals surface area contributed by atoms with Gasteiger partial charge in [0.25, 0.3) is 0 Å². The zero-order valence-corrected chi connectivity index (χ0v) is 17.7. The molecular weight excluding hydrogens is 368 g/mol. The van der Waals surface area contributed by atoms with Crippen molar-refractivity contribution in [1.29, 1.82) is 5.41 Å². The number of quaternary nitrogens is 1. The first kappa shape index (κ1) is 22.1. The Morgan fingerprint density at radius 3 is 2.69 bits per heavy atom. The summed E-state index contributed by atoms with van der Waals surface area (Å²) in [7, 11) is 9.59. The summed E-state index contributed by atoms with van der Waals surface area (Å²) in [5.74, 6) is 1.04. The second kappa shape index (κ2) is 10.4. The molecular formula is C20H31N8O+. The van der Waals surface area contributed by atoms with Crippen molar-refractivity contribution in [2.45, 2.75) is 0 Å². The van der Waals surface area contributed by atoms with Crippen LogP contribution in [-0.4, -0.2) is 69.5 Å². The van der Waals surface area contributed by atoms with E-state index in [4.69, 9.17) is 15.9 Å². The molecule has 6 N–H and O–H groups in total. The van der Waals surface area contributed by atoms with E-state index in [9.17, 15) is 0 Å². The van der Waals surface area contributed by atoms with Crippen LogP contribution in [0.1, 0.15) is 5.69 Å². The second-order valence-corrected chi connectivity index (χ2v) is 6.83. The first-order chi connectivity index (χ1) is 13.9. The third-order valence-electron chi connectivity index (χ3n) is 4.34. The smallest absolute Gasteiger partial charge is 0.227 e. The molecule has 1 aromatic carbocycles. The van der Waals surface area contributed by atoms with Crippen LogP contribution in [0.5, 0.6) is 5.75 Å². The van der Waals surface area contributed by atoms with Gasteiger partial charge in [-0.1, -0.05) is 0 Å². The van der Waals surface area contributed by atoms with Gasteiger partial charge in [-0.25, -0.2) is 9.97 Å². The molecule has 9 heteroatoms. The van der Waals surface area contributed by atoms with Crippen LogP contribution in [-0.2, 0) is 0 Å². The molecule has 0 spiro atoms. The monoisotopic (exact) mass is 399 g/mol. The average molecular weight is 400 g/mol. The number of anilines is 4. The highest BCUT2D eigenvalue weighted by atomic mass is 16.5. The number of likely N-dealkylation sites (N-methyl/N-ethyl adjacent to an activating group) is 2. The lowest BCUT2D eigenvalue weighted by molar-refractivity contribution is -0.555. The minimum Gasteiger partial charge on any atom is -0.494 e. The molecule has 0 saturated heterocycles. The van der Waals surface area contributed by atoms with Crippen molar-refractivity contribution in [3.8, 4) is 5.75 Å². The van der Waals surface area contributed by atoms with Gasteiger partial charge >= 0.3 is 0 Å². The summed E-state index contributed by atoms with van der Waals surface area (Å²) in [6.45, 7) is 1.75. The van der Waals surface area contributed by atoms with E-state index in [1.807, 2.05) is 51.8 Å². The summed E-state index contributed by atoms with van der Waals surface area (Å²) >= 11 is 0. The number of hydrogen-bond acceptors (Lipinski definition) is 8. The number of nitrogens with one attached hydrogen (secondary N) is 2. The van der Waals surface area contributed by atoms with Crippen LogP contribution in [0.3, 0.4) is 0 Å². The van der Waals surface area contributed by atoms with Crippen LogP contribution >= 0.6 is 0 Å². The van der Waals surface area contributed by atoms with Gasteiger partial charge < -0.3 is 36.3 Å². The Bertz CT molecular complexity index is 866. The fourth-order valence-corrected chi connectivity index (χ4v) is 2.74. The molecule has 2 aromatic rings. The Labute approximate surface area is 172 Å². The molecule has 0 bridgehead atoms. The number of nitrogen functional groups attached to an aromatic ring is 1. The van der Waals surface area contributed by atoms with Crippen molar-refractivity contribution in [3.05, 3.63) is 36.3 Å². The average Bonchev–Trinajstić information content (AvgIpc) is 2.70. The minimum atomic E-state index is 0.401. The van der Waals surface area contributed by atoms with Crippen molar-refractivity contribution in [3.63, 3.8) is 0 Å². The summed E-state index contributed by atoms with van der Waals surface area (Å²) < 4.78 is 5.56. The zero-order valence-electron chi connectivity index (χ0n) is 17.7. The first-order valence-electron chi connectivity index (χ1n) is 9.33. The third-order valence-corrected chi connectivity index (χ3v) is 4.34. The molecule has 0 unspecified atom stereocenters. The summed E-state index contributed by atoms with van der Waals surface area (Å²) in [4.78, 5) is 13.0. The highest BCUT2D eigenvalue weighted by Crippen LogP contribution is 2.36. The first-order valence-corrected chi connectivity index (χ1v) is 9.33. The number of rotatable bonds is 10. The van der Waals surface area contributed by atoms with Gasteiger partial charge in [0, 0.05) is 38.6 Å². The fourth-order valence-electron chi connectivity index (χ4n) is 2.74. The van der Waals surface area contributed by atoms with E-state index in [1.165, 1.54) is 6.21 Å². The Kier molecular flexibility index (Phi) is 7.93. The van der Waals surface area contributed by atoms with E-state index in [1.54, 1.807) is 19.4 Å². The maximum atomic E-state index is 7.57. The number of allylic oxidation sites excluding steroid dienone is 1. The molecule has 2 rings (SSSR count). The van der Waals surface area contributed by atoms with E-state index < -0.39 is 0 Å². The van der Waals surface area contributed by atoms with Gasteiger partial charge in [-0.3, -0.25) is 0 Å². The fraction of sp³-hybridized carbons (Fsp3) is 0.350. The topological polar surface area (TPSA) is 120 Å². The number of nitrogens with two attached hydrogens (primary N) is 2. The number of ether oxygens (including phenoxy) is 1. The Balaban J connectivity index is 2.31. The molecule has 0 atom stereocenters. The number of aromatic nitrogens is 2. The highest BCUT2D eigenvalue weighted by molar-refractivity contribution is 6.06. The van der Waals surface area contributed by atoms with Crippen LogP contribution in [0.2, 0.25) is 0 Å². The van der Waals surface area contributed by atoms with Gasteiger partial charge in [-0.15, -0.1) is 0 Å². The van der Waals surface area contributed by atoms with Crippen molar-refractivity contribution in [1.82, 2.24) is 14.9 Å². The largest absolute Gasteiger partial charge is 0.494 e. The molecule has 29 heavy (non-hydrogen) atoms. The van der Waals surface area contributed by atoms with E-state index in [0.29, 0.717) is 34.3 Å². The lowest BCUT2D eigenvalue weighted by atomic mass is 10.2. The minimum absolute atomic E-state index is 0.401. The molecule has 0 radical (unpaired) electrons. The zero-order chi connectivity index (χ0) is 21.4. The molecule has 0 saturated carbocycles. The van der Waals surface area contributed by atoms with Gasteiger partial charge in [0.05, 0.1) is 42.5 Å². The van der Waals surface area contributed by atoms with Crippen LogP contribution in [0.15, 0.2) is 30.6 Å². The van der Waals surface area contributed by atoms with Gasteiger partial charge in [0.2, 0.25) is 5.95 Å². The maximum Gasteiger partial charge on any atom is 0.227 e. The standard InChI is InChI=1S/C20H30N8O/c1-23-13-14(12-21)16-6-7-24-20(25-16)26-17-10-15(22)18(11-19(17)29-5)28(4)9-8-27(2)3/h6-7,10-13,21,23H,8-9,22H2,1-5H3,(H,24,25,26)/p+1/b14-13+,21-12?. The van der Waals surface area contributed by atoms with E-state index in [0.717, 1.165) is 18.8 Å². The van der Waals surface area contributed by atoms with Crippen molar-refractivity contribution in [2.24, 2.45) is 0 Å². The normalized spacial score (nSPS) is 11.4. The molecule has 9 nitrogen and oxygen atoms in total. The lowest BCUT2D eigenvalue weighted by Gasteiger charge is -2.24. The predicted molar refractivity (Wildman–Crippen MR) is 119 cm³/mol. The van der Waals surface area contributed by atoms with Crippen LogP contribution < -0.4 is 26.0 Å². The summed E-state index contributed by atoms with van der Waals surface area (Å²) in [6, 6.07) is 5.50. The summed E-state index contributed by atoms with van der Waals surface area (Å²) in [5.41, 5.74) is 9.87. The summed E-state index contributed by atoms with van der Waals surface area (Å²) in [5, 5.41) is 12.6. The number of hydrogen-bond donors (Lipinski definition) is 4. The number of nitrogens with zero attached hydrogens (tertiary/aromatic N) is 4. The van der Waals surface area contributed by atoms with Crippen LogP contribution in [0.25, 0.3) is 5.57 Å². The lowest BCUT2D eigenvalue weighted by Crippen LogP contribution is -2.72. The quantitative estimate of drug-likeness (QED) is 0.347. The summed E-state index contributed by atoms with van der Waals surface area (Å²) in [6.07, 6.45) is 4.75. The molecule has 0 aliphatic carbocycles. The second-order valence-electron chi connectivity index (χ2n) is 6.83. The Morgan fingerprint density at radius 1 is 1.31 bits per heavy atom. The third kappa shape index (κ3) is 5.90. The molecule has 0 amide bonds. The SMILES string of the molecule is C[NH2+]/C=C(\C=N)c1ccnc(Nc2cc(N)c(N(C)CCN(C)C)cc2OC)n1. The van der Waals surface area contributed by atoms with Gasteiger partial charge in [-0.2, -0.15) is 0 Å². The van der Waals surface area contributed by atoms with E-state index in [2.05, 4.69) is 25.1 Å². The highest BCUT2D eigenvalue weighted by Gasteiger charge is 2.14. The van der Waals surface area contributed by atoms with Crippen LogP contribution in [0.4, 0.5) is 23.0 Å². The van der Waals surface area contributed by atoms with E-state index in [-0.39, 0.29) is 0 Å². The Morgan fingerprint density at radius 2 is 2.07 bits per heavy atom. The van der Waals surface area contributed by atoms with Crippen molar-refractivity contribution < 1.29 is 10.1 Å². The van der Waals surface area contributed by atoms with Crippen molar-refractivity contribution >= 4 is 34.8 Å². The van der Waals surface area contributed by atoms with E-state index >= 15 is 0 Å². The van der Waals surface area contributed by atoms with Gasteiger partial charge in [0.1, 0.15) is 11.9 Å². The molecule has 0 aliphatic heterocycles. The number of methoxy groups -OCH3 is 1. The molecule has 0 fully saturated rings. The molecule has 1 heterocycles. The maximum absolute atomic E-state index is 7.57. The molecule has 156 valence electrons. The number of benzene rings is 1. The molecule has 1 aromatic heterocycles. The Hall–Kier alpha value is -3.17.